The zero-order valence-electron chi connectivity index (χ0n) is 10.3. The highest BCUT2D eigenvalue weighted by molar-refractivity contribution is 6.32. The van der Waals surface area contributed by atoms with Crippen LogP contribution in [0.2, 0.25) is 5.02 Å². The van der Waals surface area contributed by atoms with Gasteiger partial charge in [0.1, 0.15) is 11.5 Å². The number of nitrogens with zero attached hydrogens (tertiary/aromatic N) is 1. The normalized spacial score (nSPS) is 10.0. The van der Waals surface area contributed by atoms with Gasteiger partial charge in [0.05, 0.1) is 16.7 Å². The molecule has 0 aliphatic rings. The van der Waals surface area contributed by atoms with Crippen molar-refractivity contribution < 1.29 is 4.74 Å². The Labute approximate surface area is 122 Å². The smallest absolute Gasteiger partial charge is 0.146 e. The third-order valence-corrected chi connectivity index (χ3v) is 3.29. The maximum absolute atomic E-state index is 8.90. The number of benzene rings is 2. The van der Waals surface area contributed by atoms with Crippen LogP contribution < -0.4 is 4.74 Å². The first-order valence-corrected chi connectivity index (χ1v) is 6.58. The lowest BCUT2D eigenvalue weighted by Gasteiger charge is -2.11. The van der Waals surface area contributed by atoms with Crippen LogP contribution >= 0.6 is 23.2 Å². The van der Waals surface area contributed by atoms with Gasteiger partial charge in [-0.3, -0.25) is 0 Å². The zero-order chi connectivity index (χ0) is 13.8. The lowest BCUT2D eigenvalue weighted by atomic mass is 10.1. The summed E-state index contributed by atoms with van der Waals surface area (Å²) >= 11 is 11.9. The van der Waals surface area contributed by atoms with Crippen molar-refractivity contribution in [2.45, 2.75) is 12.8 Å². The molecule has 0 aromatic heterocycles. The second-order valence-electron chi connectivity index (χ2n) is 4.09. The van der Waals surface area contributed by atoms with E-state index in [1.807, 2.05) is 19.1 Å². The van der Waals surface area contributed by atoms with Crippen molar-refractivity contribution in [3.8, 4) is 17.6 Å². The Hall–Kier alpha value is -1.69. The van der Waals surface area contributed by atoms with Gasteiger partial charge in [-0.1, -0.05) is 23.7 Å². The number of nitriles is 1. The Bertz CT molecular complexity index is 647. The van der Waals surface area contributed by atoms with Crippen LogP contribution in [0.1, 0.15) is 16.7 Å². The molecular formula is C15H11Cl2NO. The lowest BCUT2D eigenvalue weighted by Crippen LogP contribution is -1.90. The Balaban J connectivity index is 2.33. The molecule has 0 spiro atoms. The highest BCUT2D eigenvalue weighted by Crippen LogP contribution is 2.32. The molecule has 96 valence electrons. The molecule has 0 atom stereocenters. The van der Waals surface area contributed by atoms with E-state index in [1.54, 1.807) is 24.3 Å². The van der Waals surface area contributed by atoms with Crippen molar-refractivity contribution in [2.75, 3.05) is 0 Å². The van der Waals surface area contributed by atoms with E-state index in [2.05, 4.69) is 6.07 Å². The quantitative estimate of drug-likeness (QED) is 0.741. The molecule has 0 fully saturated rings. The van der Waals surface area contributed by atoms with Crippen LogP contribution in [0.15, 0.2) is 36.4 Å². The number of hydrogen-bond acceptors (Lipinski definition) is 2. The maximum atomic E-state index is 8.90. The molecule has 0 N–H and O–H groups in total. The molecule has 0 heterocycles. The second kappa shape index (κ2) is 5.97. The first-order chi connectivity index (χ1) is 9.13. The van der Waals surface area contributed by atoms with Gasteiger partial charge in [-0.05, 0) is 42.3 Å². The minimum Gasteiger partial charge on any atom is -0.455 e. The average molecular weight is 292 g/mol. The van der Waals surface area contributed by atoms with Gasteiger partial charge < -0.3 is 4.74 Å². The molecule has 19 heavy (non-hydrogen) atoms. The van der Waals surface area contributed by atoms with E-state index in [-0.39, 0.29) is 0 Å². The van der Waals surface area contributed by atoms with E-state index in [9.17, 15) is 0 Å². The van der Waals surface area contributed by atoms with Crippen molar-refractivity contribution in [3.05, 3.63) is 58.1 Å². The largest absolute Gasteiger partial charge is 0.455 e. The molecule has 4 heteroatoms. The van der Waals surface area contributed by atoms with Crippen molar-refractivity contribution in [1.29, 1.82) is 5.26 Å². The summed E-state index contributed by atoms with van der Waals surface area (Å²) in [7, 11) is 0. The molecule has 0 radical (unpaired) electrons. The highest BCUT2D eigenvalue weighted by Gasteiger charge is 2.07. The lowest BCUT2D eigenvalue weighted by molar-refractivity contribution is 0.479. The second-order valence-corrected chi connectivity index (χ2v) is 4.77. The number of rotatable bonds is 3. The molecule has 2 aromatic carbocycles. The van der Waals surface area contributed by atoms with Gasteiger partial charge in [-0.2, -0.15) is 5.26 Å². The summed E-state index contributed by atoms with van der Waals surface area (Å²) in [6, 6.07) is 12.8. The third-order valence-electron chi connectivity index (χ3n) is 2.69. The van der Waals surface area contributed by atoms with Gasteiger partial charge in [0.2, 0.25) is 0 Å². The van der Waals surface area contributed by atoms with Gasteiger partial charge >= 0.3 is 0 Å². The molecule has 0 aliphatic carbocycles. The minimum absolute atomic E-state index is 0.406. The summed E-state index contributed by atoms with van der Waals surface area (Å²) in [6.07, 6.45) is 0. The molecule has 0 saturated carbocycles. The van der Waals surface area contributed by atoms with Crippen molar-refractivity contribution in [3.63, 3.8) is 0 Å². The SMILES string of the molecule is Cc1ccc(C#N)cc1Oc1ccc(CCl)cc1Cl. The summed E-state index contributed by atoms with van der Waals surface area (Å²) in [5, 5.41) is 9.40. The predicted molar refractivity (Wildman–Crippen MR) is 77.0 cm³/mol. The van der Waals surface area contributed by atoms with E-state index < -0.39 is 0 Å². The third kappa shape index (κ3) is 3.20. The van der Waals surface area contributed by atoms with E-state index in [1.165, 1.54) is 0 Å². The first kappa shape index (κ1) is 13.7. The van der Waals surface area contributed by atoms with Crippen LogP contribution in [-0.4, -0.2) is 0 Å². The number of alkyl halides is 1. The fourth-order valence-electron chi connectivity index (χ4n) is 1.61. The summed E-state index contributed by atoms with van der Waals surface area (Å²) in [4.78, 5) is 0. The first-order valence-electron chi connectivity index (χ1n) is 5.67. The standard InChI is InChI=1S/C15H11Cl2NO/c1-10-2-3-12(9-18)7-15(10)19-14-5-4-11(8-16)6-13(14)17/h2-7H,8H2,1H3. The Kier molecular flexibility index (Phi) is 4.31. The molecule has 2 rings (SSSR count). The van der Waals surface area contributed by atoms with Crippen molar-refractivity contribution in [1.82, 2.24) is 0 Å². The Morgan fingerprint density at radius 3 is 2.58 bits per heavy atom. The summed E-state index contributed by atoms with van der Waals surface area (Å²) < 4.78 is 5.76. The van der Waals surface area contributed by atoms with Gasteiger partial charge in [-0.15, -0.1) is 11.6 Å². The molecule has 0 aliphatic heterocycles. The zero-order valence-corrected chi connectivity index (χ0v) is 11.8. The predicted octanol–water partition coefficient (Wildman–Crippen LogP) is 5.05. The van der Waals surface area contributed by atoms with E-state index >= 15 is 0 Å². The summed E-state index contributed by atoms with van der Waals surface area (Å²) in [5.41, 5.74) is 2.42. The van der Waals surface area contributed by atoms with Crippen LogP contribution in [0.25, 0.3) is 0 Å². The van der Waals surface area contributed by atoms with Crippen molar-refractivity contribution in [2.24, 2.45) is 0 Å². The summed E-state index contributed by atoms with van der Waals surface area (Å²) in [5.74, 6) is 1.58. The molecule has 2 nitrogen and oxygen atoms in total. The maximum Gasteiger partial charge on any atom is 0.146 e. The van der Waals surface area contributed by atoms with Crippen LogP contribution in [0.3, 0.4) is 0 Å². The molecule has 0 unspecified atom stereocenters. The topological polar surface area (TPSA) is 33.0 Å². The van der Waals surface area contributed by atoms with E-state index in [0.29, 0.717) is 28.0 Å². The Morgan fingerprint density at radius 2 is 1.95 bits per heavy atom. The average Bonchev–Trinajstić information content (AvgIpc) is 2.43. The molecule has 0 amide bonds. The van der Waals surface area contributed by atoms with E-state index in [4.69, 9.17) is 33.2 Å². The number of aryl methyl sites for hydroxylation is 1. The van der Waals surface area contributed by atoms with Crippen LogP contribution in [0.4, 0.5) is 0 Å². The van der Waals surface area contributed by atoms with Gasteiger partial charge in [0.25, 0.3) is 0 Å². The van der Waals surface area contributed by atoms with E-state index in [0.717, 1.165) is 11.1 Å². The molecule has 2 aromatic rings. The number of ether oxygens (including phenoxy) is 1. The van der Waals surface area contributed by atoms with Crippen molar-refractivity contribution >= 4 is 23.2 Å². The monoisotopic (exact) mass is 291 g/mol. The fraction of sp³-hybridized carbons (Fsp3) is 0.133. The number of hydrogen-bond donors (Lipinski definition) is 0. The Morgan fingerprint density at radius 1 is 1.16 bits per heavy atom. The molecular weight excluding hydrogens is 281 g/mol. The van der Waals surface area contributed by atoms with Crippen LogP contribution in [0.5, 0.6) is 11.5 Å². The minimum atomic E-state index is 0.406. The van der Waals surface area contributed by atoms with Gasteiger partial charge in [-0.25, -0.2) is 0 Å². The molecule has 0 saturated heterocycles. The van der Waals surface area contributed by atoms with Gasteiger partial charge in [0, 0.05) is 5.88 Å². The van der Waals surface area contributed by atoms with Crippen LogP contribution in [0, 0.1) is 18.3 Å². The highest BCUT2D eigenvalue weighted by atomic mass is 35.5. The molecule has 0 bridgehead atoms. The number of halogens is 2. The van der Waals surface area contributed by atoms with Gasteiger partial charge in [0.15, 0.2) is 0 Å². The van der Waals surface area contributed by atoms with Crippen LogP contribution in [-0.2, 0) is 5.88 Å². The summed E-state index contributed by atoms with van der Waals surface area (Å²) in [6.45, 7) is 1.91. The fourth-order valence-corrected chi connectivity index (χ4v) is 2.02.